The Bertz CT molecular complexity index is 965. The van der Waals surface area contributed by atoms with Crippen molar-refractivity contribution in [3.63, 3.8) is 0 Å². The number of carbonyl (C=O) groups excluding carboxylic acids is 2. The van der Waals surface area contributed by atoms with Crippen LogP contribution in [-0.2, 0) is 16.1 Å². The lowest BCUT2D eigenvalue weighted by Gasteiger charge is -2.40. The molecule has 0 unspecified atom stereocenters. The van der Waals surface area contributed by atoms with Gasteiger partial charge in [0.2, 0.25) is 5.91 Å². The van der Waals surface area contributed by atoms with E-state index in [0.717, 1.165) is 41.3 Å². The number of halogens is 1. The van der Waals surface area contributed by atoms with Crippen molar-refractivity contribution in [1.82, 2.24) is 10.2 Å². The molecule has 1 N–H and O–H groups in total. The van der Waals surface area contributed by atoms with Gasteiger partial charge in [0, 0.05) is 16.6 Å². The lowest BCUT2D eigenvalue weighted by Crippen LogP contribution is -2.52. The number of hydrogen-bond acceptors (Lipinski definition) is 3. The maximum Gasteiger partial charge on any atom is 0.275 e. The van der Waals surface area contributed by atoms with Gasteiger partial charge < -0.3 is 10.2 Å². The van der Waals surface area contributed by atoms with Gasteiger partial charge in [0.25, 0.3) is 5.91 Å². The van der Waals surface area contributed by atoms with E-state index in [2.05, 4.69) is 28.2 Å². The van der Waals surface area contributed by atoms with Crippen LogP contribution in [0.15, 0.2) is 64.1 Å². The topological polar surface area (TPSA) is 61.8 Å². The highest BCUT2D eigenvalue weighted by molar-refractivity contribution is 9.10. The largest absolute Gasteiger partial charge is 0.350 e. The van der Waals surface area contributed by atoms with E-state index >= 15 is 0 Å². The first kappa shape index (κ1) is 20.8. The van der Waals surface area contributed by atoms with Crippen molar-refractivity contribution in [2.75, 3.05) is 6.54 Å². The molecule has 0 radical (unpaired) electrons. The van der Waals surface area contributed by atoms with E-state index in [1.165, 1.54) is 0 Å². The van der Waals surface area contributed by atoms with E-state index in [9.17, 15) is 9.59 Å². The van der Waals surface area contributed by atoms with E-state index in [0.29, 0.717) is 18.2 Å². The zero-order chi connectivity index (χ0) is 21.1. The van der Waals surface area contributed by atoms with Crippen LogP contribution in [0.1, 0.15) is 43.7 Å². The van der Waals surface area contributed by atoms with Gasteiger partial charge in [-0.3, -0.25) is 14.6 Å². The lowest BCUT2D eigenvalue weighted by atomic mass is 9.82. The first-order valence-corrected chi connectivity index (χ1v) is 11.3. The summed E-state index contributed by atoms with van der Waals surface area (Å²) in [5.41, 5.74) is 1.70. The van der Waals surface area contributed by atoms with Gasteiger partial charge in [-0.25, -0.2) is 0 Å². The molecule has 5 nitrogen and oxygen atoms in total. The van der Waals surface area contributed by atoms with Crippen LogP contribution >= 0.6 is 15.9 Å². The second-order valence-electron chi connectivity index (χ2n) is 8.25. The van der Waals surface area contributed by atoms with Gasteiger partial charge in [-0.2, -0.15) is 0 Å². The van der Waals surface area contributed by atoms with E-state index in [-0.39, 0.29) is 18.4 Å². The monoisotopic (exact) mass is 467 g/mol. The maximum absolute atomic E-state index is 13.3. The number of aliphatic imine (C=N–C) groups is 1. The van der Waals surface area contributed by atoms with Crippen molar-refractivity contribution in [2.45, 2.75) is 44.8 Å². The molecule has 6 heteroatoms. The van der Waals surface area contributed by atoms with Crippen LogP contribution in [0, 0.1) is 5.92 Å². The SMILES string of the molecule is CC1CCC2(CC1)N=C(c1ccccc1)C(=O)N2CC(=O)NCc1ccccc1Br. The third-order valence-corrected chi connectivity index (χ3v) is 6.90. The van der Waals surface area contributed by atoms with Crippen molar-refractivity contribution in [3.05, 3.63) is 70.2 Å². The zero-order valence-corrected chi connectivity index (χ0v) is 18.7. The summed E-state index contributed by atoms with van der Waals surface area (Å²) in [5.74, 6) is 0.307. The van der Waals surface area contributed by atoms with E-state index < -0.39 is 5.66 Å². The number of benzene rings is 2. The molecule has 0 atom stereocenters. The van der Waals surface area contributed by atoms with Crippen molar-refractivity contribution >= 4 is 33.5 Å². The molecule has 1 fully saturated rings. The Balaban J connectivity index is 1.52. The third-order valence-electron chi connectivity index (χ3n) is 6.13. The Morgan fingerprint density at radius 3 is 2.50 bits per heavy atom. The molecule has 1 aliphatic carbocycles. The first-order chi connectivity index (χ1) is 14.5. The molecule has 30 heavy (non-hydrogen) atoms. The van der Waals surface area contributed by atoms with Crippen LogP contribution < -0.4 is 5.32 Å². The normalized spacial score (nSPS) is 23.5. The summed E-state index contributed by atoms with van der Waals surface area (Å²) in [6.45, 7) is 2.68. The second-order valence-corrected chi connectivity index (χ2v) is 9.11. The minimum absolute atomic E-state index is 0.0253. The van der Waals surface area contributed by atoms with Crippen molar-refractivity contribution < 1.29 is 9.59 Å². The van der Waals surface area contributed by atoms with Gasteiger partial charge in [0.15, 0.2) is 0 Å². The summed E-state index contributed by atoms with van der Waals surface area (Å²) in [6, 6.07) is 17.4. The third kappa shape index (κ3) is 4.19. The number of rotatable bonds is 5. The molecule has 2 aliphatic rings. The van der Waals surface area contributed by atoms with Crippen molar-refractivity contribution in [3.8, 4) is 0 Å². The van der Waals surface area contributed by atoms with Crippen molar-refractivity contribution in [1.29, 1.82) is 0 Å². The van der Waals surface area contributed by atoms with Crippen LogP contribution in [0.2, 0.25) is 0 Å². The molecule has 156 valence electrons. The molecular formula is C24H26BrN3O2. The minimum atomic E-state index is -0.598. The molecule has 1 aliphatic heterocycles. The second kappa shape index (κ2) is 8.72. The molecule has 2 aromatic rings. The highest BCUT2D eigenvalue weighted by atomic mass is 79.9. The average Bonchev–Trinajstić information content (AvgIpc) is 3.02. The Kier molecular flexibility index (Phi) is 6.04. The fourth-order valence-corrected chi connectivity index (χ4v) is 4.70. The quantitative estimate of drug-likeness (QED) is 0.711. The summed E-state index contributed by atoms with van der Waals surface area (Å²) in [7, 11) is 0. The molecule has 0 bridgehead atoms. The highest BCUT2D eigenvalue weighted by Crippen LogP contribution is 2.41. The summed E-state index contributed by atoms with van der Waals surface area (Å²) in [4.78, 5) is 32.8. The lowest BCUT2D eigenvalue weighted by molar-refractivity contribution is -0.136. The highest BCUT2D eigenvalue weighted by Gasteiger charge is 2.49. The smallest absolute Gasteiger partial charge is 0.275 e. The number of hydrogen-bond donors (Lipinski definition) is 1. The summed E-state index contributed by atoms with van der Waals surface area (Å²) in [6.07, 6.45) is 3.61. The van der Waals surface area contributed by atoms with Gasteiger partial charge in [-0.1, -0.05) is 71.4 Å². The van der Waals surface area contributed by atoms with Crippen molar-refractivity contribution in [2.24, 2.45) is 10.9 Å². The number of carbonyl (C=O) groups is 2. The standard InChI is InChI=1S/C24H26BrN3O2/c1-17-11-13-24(14-12-17)27-22(18-7-3-2-4-8-18)23(30)28(24)16-21(29)26-15-19-9-5-6-10-20(19)25/h2-10,17H,11-16H2,1H3,(H,26,29). The minimum Gasteiger partial charge on any atom is -0.350 e. The molecule has 1 heterocycles. The molecule has 1 spiro atoms. The number of nitrogens with zero attached hydrogens (tertiary/aromatic N) is 2. The molecule has 4 rings (SSSR count). The maximum atomic E-state index is 13.3. The Morgan fingerprint density at radius 1 is 1.13 bits per heavy atom. The van der Waals surface area contributed by atoms with Crippen LogP contribution in [0.25, 0.3) is 0 Å². The fraction of sp³-hybridized carbons (Fsp3) is 0.375. The van der Waals surface area contributed by atoms with Crippen LogP contribution in [0.5, 0.6) is 0 Å². The predicted octanol–water partition coefficient (Wildman–Crippen LogP) is 4.30. The van der Waals surface area contributed by atoms with Gasteiger partial charge in [0.1, 0.15) is 17.9 Å². The number of amides is 2. The summed E-state index contributed by atoms with van der Waals surface area (Å²) >= 11 is 3.51. The van der Waals surface area contributed by atoms with Crippen LogP contribution in [0.4, 0.5) is 0 Å². The predicted molar refractivity (Wildman–Crippen MR) is 121 cm³/mol. The van der Waals surface area contributed by atoms with Gasteiger partial charge in [-0.15, -0.1) is 0 Å². The molecule has 2 aromatic carbocycles. The van der Waals surface area contributed by atoms with E-state index in [1.54, 1.807) is 4.90 Å². The molecular weight excluding hydrogens is 442 g/mol. The Morgan fingerprint density at radius 2 is 1.80 bits per heavy atom. The first-order valence-electron chi connectivity index (χ1n) is 10.5. The van der Waals surface area contributed by atoms with Crippen LogP contribution in [0.3, 0.4) is 0 Å². The Hall–Kier alpha value is -2.47. The van der Waals surface area contributed by atoms with E-state index in [1.807, 2.05) is 54.6 Å². The number of nitrogens with one attached hydrogen (secondary N) is 1. The van der Waals surface area contributed by atoms with Gasteiger partial charge >= 0.3 is 0 Å². The summed E-state index contributed by atoms with van der Waals surface area (Å²) in [5, 5.41) is 2.96. The molecule has 2 amide bonds. The fourth-order valence-electron chi connectivity index (χ4n) is 4.28. The van der Waals surface area contributed by atoms with Gasteiger partial charge in [0.05, 0.1) is 0 Å². The molecule has 0 aromatic heterocycles. The van der Waals surface area contributed by atoms with Gasteiger partial charge in [-0.05, 0) is 43.2 Å². The Labute approximate surface area is 185 Å². The summed E-state index contributed by atoms with van der Waals surface area (Å²) < 4.78 is 0.954. The van der Waals surface area contributed by atoms with Crippen LogP contribution in [-0.4, -0.2) is 34.6 Å². The molecule has 1 saturated carbocycles. The van der Waals surface area contributed by atoms with E-state index in [4.69, 9.17) is 4.99 Å². The molecule has 0 saturated heterocycles. The zero-order valence-electron chi connectivity index (χ0n) is 17.1. The average molecular weight is 468 g/mol.